The van der Waals surface area contributed by atoms with Gasteiger partial charge in [-0.25, -0.2) is 0 Å². The lowest BCUT2D eigenvalue weighted by Gasteiger charge is -2.36. The number of carbonyl (C=O) groups excluding carboxylic acids is 2. The molecule has 26 heavy (non-hydrogen) atoms. The van der Waals surface area contributed by atoms with Gasteiger partial charge in [0.25, 0.3) is 0 Å². The summed E-state index contributed by atoms with van der Waals surface area (Å²) in [6.45, 7) is 9.79. The van der Waals surface area contributed by atoms with Crippen LogP contribution in [0.2, 0.25) is 0 Å². The number of nitrogens with zero attached hydrogens (tertiary/aromatic N) is 1. The molecule has 0 aliphatic carbocycles. The van der Waals surface area contributed by atoms with E-state index in [1.807, 2.05) is 24.3 Å². The molecule has 1 heterocycles. The summed E-state index contributed by atoms with van der Waals surface area (Å²) in [5.41, 5.74) is 1.65. The lowest BCUT2D eigenvalue weighted by molar-refractivity contribution is -0.117. The standard InChI is InChI=1S/C20H29N3O3/c1-15(2)19(23-10-12-26-13-11-23)14-21-20(25)9-6-17-4-7-18(8-5-17)22-16(3)24/h4-9,15,19H,10-14H2,1-3H3,(H,21,25)(H,22,24)/b9-6+. The zero-order chi connectivity index (χ0) is 18.9. The maximum absolute atomic E-state index is 12.1. The SMILES string of the molecule is CC(=O)Nc1ccc(/C=C/C(=O)NCC(C(C)C)N2CCOCC2)cc1. The van der Waals surface area contributed by atoms with Crippen LogP contribution in [-0.2, 0) is 14.3 Å². The Hall–Kier alpha value is -2.18. The summed E-state index contributed by atoms with van der Waals surface area (Å²) in [7, 11) is 0. The first-order valence-corrected chi connectivity index (χ1v) is 9.11. The number of ether oxygens (including phenoxy) is 1. The van der Waals surface area contributed by atoms with Crippen LogP contribution in [0.5, 0.6) is 0 Å². The van der Waals surface area contributed by atoms with E-state index in [0.717, 1.165) is 37.6 Å². The van der Waals surface area contributed by atoms with E-state index in [0.29, 0.717) is 18.5 Å². The van der Waals surface area contributed by atoms with E-state index in [2.05, 4.69) is 29.4 Å². The Kier molecular flexibility index (Phi) is 7.81. The van der Waals surface area contributed by atoms with Crippen molar-refractivity contribution in [3.8, 4) is 0 Å². The van der Waals surface area contributed by atoms with Gasteiger partial charge in [0.05, 0.1) is 13.2 Å². The number of anilines is 1. The summed E-state index contributed by atoms with van der Waals surface area (Å²) in [5, 5.41) is 5.72. The predicted molar refractivity (Wildman–Crippen MR) is 104 cm³/mol. The fraction of sp³-hybridized carbons (Fsp3) is 0.500. The Morgan fingerprint density at radius 1 is 1.19 bits per heavy atom. The van der Waals surface area contributed by atoms with Crippen LogP contribution in [0.3, 0.4) is 0 Å². The van der Waals surface area contributed by atoms with Crippen LogP contribution in [0, 0.1) is 5.92 Å². The summed E-state index contributed by atoms with van der Waals surface area (Å²) >= 11 is 0. The first kappa shape index (κ1) is 20.1. The number of hydrogen-bond donors (Lipinski definition) is 2. The van der Waals surface area contributed by atoms with Gasteiger partial charge in [0, 0.05) is 44.4 Å². The zero-order valence-electron chi connectivity index (χ0n) is 15.8. The molecule has 0 aromatic heterocycles. The third kappa shape index (κ3) is 6.61. The van der Waals surface area contributed by atoms with E-state index in [4.69, 9.17) is 4.74 Å². The molecule has 2 rings (SSSR count). The number of amides is 2. The minimum atomic E-state index is -0.104. The zero-order valence-corrected chi connectivity index (χ0v) is 15.8. The molecule has 1 unspecified atom stereocenters. The van der Waals surface area contributed by atoms with Gasteiger partial charge in [-0.1, -0.05) is 26.0 Å². The molecule has 0 spiro atoms. The Bertz CT molecular complexity index is 620. The molecule has 1 aliphatic heterocycles. The van der Waals surface area contributed by atoms with Gasteiger partial charge >= 0.3 is 0 Å². The largest absolute Gasteiger partial charge is 0.379 e. The highest BCUT2D eigenvalue weighted by Crippen LogP contribution is 2.13. The van der Waals surface area contributed by atoms with Crippen molar-refractivity contribution < 1.29 is 14.3 Å². The van der Waals surface area contributed by atoms with Gasteiger partial charge in [-0.3, -0.25) is 14.5 Å². The van der Waals surface area contributed by atoms with E-state index >= 15 is 0 Å². The maximum atomic E-state index is 12.1. The quantitative estimate of drug-likeness (QED) is 0.732. The number of morpholine rings is 1. The molecule has 1 saturated heterocycles. The summed E-state index contributed by atoms with van der Waals surface area (Å²) in [4.78, 5) is 25.5. The summed E-state index contributed by atoms with van der Waals surface area (Å²) in [5.74, 6) is 0.251. The molecule has 1 aliphatic rings. The second kappa shape index (κ2) is 10.1. The van der Waals surface area contributed by atoms with Crippen molar-refractivity contribution in [1.29, 1.82) is 0 Å². The van der Waals surface area contributed by atoms with E-state index in [1.54, 1.807) is 12.2 Å². The molecule has 0 bridgehead atoms. The molecule has 1 aromatic rings. The van der Waals surface area contributed by atoms with Crippen molar-refractivity contribution in [3.63, 3.8) is 0 Å². The number of carbonyl (C=O) groups is 2. The van der Waals surface area contributed by atoms with Crippen LogP contribution in [0.4, 0.5) is 5.69 Å². The van der Waals surface area contributed by atoms with Crippen molar-refractivity contribution >= 4 is 23.6 Å². The highest BCUT2D eigenvalue weighted by atomic mass is 16.5. The number of rotatable bonds is 7. The van der Waals surface area contributed by atoms with Crippen molar-refractivity contribution in [3.05, 3.63) is 35.9 Å². The van der Waals surface area contributed by atoms with Gasteiger partial charge in [0.2, 0.25) is 11.8 Å². The second-order valence-electron chi connectivity index (χ2n) is 6.84. The monoisotopic (exact) mass is 359 g/mol. The highest BCUT2D eigenvalue weighted by Gasteiger charge is 2.23. The molecule has 1 aromatic carbocycles. The summed E-state index contributed by atoms with van der Waals surface area (Å²) in [6, 6.07) is 7.66. The minimum absolute atomic E-state index is 0.102. The highest BCUT2D eigenvalue weighted by molar-refractivity contribution is 5.92. The predicted octanol–water partition coefficient (Wildman–Crippen LogP) is 2.13. The van der Waals surface area contributed by atoms with E-state index < -0.39 is 0 Å². The molecule has 2 N–H and O–H groups in total. The van der Waals surface area contributed by atoms with E-state index in [1.165, 1.54) is 6.92 Å². The molecule has 6 nitrogen and oxygen atoms in total. The summed E-state index contributed by atoms with van der Waals surface area (Å²) in [6.07, 6.45) is 3.32. The van der Waals surface area contributed by atoms with E-state index in [-0.39, 0.29) is 11.8 Å². The first-order chi connectivity index (χ1) is 12.5. The average Bonchev–Trinajstić information content (AvgIpc) is 2.61. The molecular formula is C20H29N3O3. The molecule has 0 radical (unpaired) electrons. The van der Waals surface area contributed by atoms with Crippen LogP contribution in [0.1, 0.15) is 26.3 Å². The van der Waals surface area contributed by atoms with Crippen molar-refractivity contribution in [2.45, 2.75) is 26.8 Å². The van der Waals surface area contributed by atoms with Crippen LogP contribution in [0.15, 0.2) is 30.3 Å². The van der Waals surface area contributed by atoms with Gasteiger partial charge in [-0.2, -0.15) is 0 Å². The molecular weight excluding hydrogens is 330 g/mol. The molecule has 142 valence electrons. The normalized spacial score (nSPS) is 16.6. The average molecular weight is 359 g/mol. The number of nitrogens with one attached hydrogen (secondary N) is 2. The molecule has 1 atom stereocenters. The van der Waals surface area contributed by atoms with Crippen LogP contribution < -0.4 is 10.6 Å². The molecule has 6 heteroatoms. The van der Waals surface area contributed by atoms with Crippen molar-refractivity contribution in [1.82, 2.24) is 10.2 Å². The van der Waals surface area contributed by atoms with Gasteiger partial charge in [0.15, 0.2) is 0 Å². The van der Waals surface area contributed by atoms with Crippen LogP contribution >= 0.6 is 0 Å². The fourth-order valence-corrected chi connectivity index (χ4v) is 3.01. The summed E-state index contributed by atoms with van der Waals surface area (Å²) < 4.78 is 5.41. The minimum Gasteiger partial charge on any atom is -0.379 e. The van der Waals surface area contributed by atoms with Gasteiger partial charge in [0.1, 0.15) is 0 Å². The van der Waals surface area contributed by atoms with Gasteiger partial charge < -0.3 is 15.4 Å². The first-order valence-electron chi connectivity index (χ1n) is 9.11. The van der Waals surface area contributed by atoms with Crippen LogP contribution in [-0.4, -0.2) is 55.6 Å². The Balaban J connectivity index is 1.84. The second-order valence-corrected chi connectivity index (χ2v) is 6.84. The van der Waals surface area contributed by atoms with E-state index in [9.17, 15) is 9.59 Å². The molecule has 0 saturated carbocycles. The smallest absolute Gasteiger partial charge is 0.244 e. The third-order valence-electron chi connectivity index (χ3n) is 4.43. The third-order valence-corrected chi connectivity index (χ3v) is 4.43. The Morgan fingerprint density at radius 3 is 2.42 bits per heavy atom. The lowest BCUT2D eigenvalue weighted by atomic mass is 10.0. The van der Waals surface area contributed by atoms with Gasteiger partial charge in [-0.05, 0) is 29.7 Å². The number of hydrogen-bond acceptors (Lipinski definition) is 4. The van der Waals surface area contributed by atoms with Crippen molar-refractivity contribution in [2.24, 2.45) is 5.92 Å². The molecule has 1 fully saturated rings. The lowest BCUT2D eigenvalue weighted by Crippen LogP contribution is -2.51. The van der Waals surface area contributed by atoms with Crippen LogP contribution in [0.25, 0.3) is 6.08 Å². The topological polar surface area (TPSA) is 70.7 Å². The maximum Gasteiger partial charge on any atom is 0.244 e. The van der Waals surface area contributed by atoms with Gasteiger partial charge in [-0.15, -0.1) is 0 Å². The molecule has 2 amide bonds. The Morgan fingerprint density at radius 2 is 1.85 bits per heavy atom. The fourth-order valence-electron chi connectivity index (χ4n) is 3.01. The number of benzene rings is 1. The van der Waals surface area contributed by atoms with Crippen molar-refractivity contribution in [2.75, 3.05) is 38.2 Å². The Labute approximate surface area is 155 Å².